The van der Waals surface area contributed by atoms with Crippen LogP contribution in [0.2, 0.25) is 0 Å². The third-order valence-corrected chi connectivity index (χ3v) is 5.51. The van der Waals surface area contributed by atoms with Gasteiger partial charge in [-0.25, -0.2) is 4.98 Å². The largest absolute Gasteiger partial charge is 0.454 e. The van der Waals surface area contributed by atoms with E-state index < -0.39 is 0 Å². The average molecular weight is 415 g/mol. The Morgan fingerprint density at radius 1 is 1.14 bits per heavy atom. The van der Waals surface area contributed by atoms with Crippen molar-refractivity contribution in [3.63, 3.8) is 0 Å². The lowest BCUT2D eigenvalue weighted by Gasteiger charge is -2.04. The molecule has 1 aromatic carbocycles. The Bertz CT molecular complexity index is 985. The van der Waals surface area contributed by atoms with Crippen molar-refractivity contribution in [1.82, 2.24) is 10.3 Å². The van der Waals surface area contributed by atoms with Crippen LogP contribution in [0.4, 0.5) is 5.13 Å². The van der Waals surface area contributed by atoms with Gasteiger partial charge in [0.05, 0.1) is 5.69 Å². The van der Waals surface area contributed by atoms with Crippen molar-refractivity contribution in [1.29, 1.82) is 0 Å². The van der Waals surface area contributed by atoms with Gasteiger partial charge < -0.3 is 20.1 Å². The second-order valence-corrected chi connectivity index (χ2v) is 7.66. The predicted molar refractivity (Wildman–Crippen MR) is 108 cm³/mol. The first-order valence-electron chi connectivity index (χ1n) is 8.65. The summed E-state index contributed by atoms with van der Waals surface area (Å²) < 4.78 is 10.7. The van der Waals surface area contributed by atoms with Gasteiger partial charge in [0.25, 0.3) is 5.91 Å². The van der Waals surface area contributed by atoms with E-state index in [0.717, 1.165) is 17.0 Å². The topological polar surface area (TPSA) is 89.6 Å². The number of carbonyl (C=O) groups excluding carboxylic acids is 2. The van der Waals surface area contributed by atoms with Gasteiger partial charge >= 0.3 is 0 Å². The van der Waals surface area contributed by atoms with E-state index in [4.69, 9.17) is 9.47 Å². The predicted octanol–water partition coefficient (Wildman–Crippen LogP) is 3.75. The maximum absolute atomic E-state index is 12.1. The number of hydrogen-bond donors (Lipinski definition) is 2. The standard InChI is InChI=1S/C19H17N3O4S2/c23-17(2-1-6-20-18(24)13-5-7-27-9-13)22-19-21-14(10-28-19)12-3-4-15-16(8-12)26-11-25-15/h3-5,7-10H,1-2,6,11H2,(H,20,24)(H,21,22,23). The molecule has 144 valence electrons. The third-order valence-electron chi connectivity index (χ3n) is 4.07. The molecule has 2 N–H and O–H groups in total. The zero-order valence-corrected chi connectivity index (χ0v) is 16.4. The summed E-state index contributed by atoms with van der Waals surface area (Å²) in [6.45, 7) is 0.674. The molecule has 7 nitrogen and oxygen atoms in total. The van der Waals surface area contributed by atoms with Crippen LogP contribution in [0.25, 0.3) is 11.3 Å². The Labute approximate surface area is 169 Å². The molecule has 0 unspecified atom stereocenters. The van der Waals surface area contributed by atoms with Crippen LogP contribution in [-0.2, 0) is 4.79 Å². The number of rotatable bonds is 7. The molecule has 0 radical (unpaired) electrons. The zero-order valence-electron chi connectivity index (χ0n) is 14.8. The number of carbonyl (C=O) groups is 2. The molecule has 0 saturated carbocycles. The van der Waals surface area contributed by atoms with Gasteiger partial charge in [-0.3, -0.25) is 9.59 Å². The minimum absolute atomic E-state index is 0.116. The van der Waals surface area contributed by atoms with Crippen LogP contribution in [-0.4, -0.2) is 30.1 Å². The van der Waals surface area contributed by atoms with Crippen LogP contribution in [0, 0.1) is 0 Å². The number of fused-ring (bicyclic) bond motifs is 1. The first-order valence-corrected chi connectivity index (χ1v) is 10.5. The Morgan fingerprint density at radius 2 is 2.04 bits per heavy atom. The van der Waals surface area contributed by atoms with Gasteiger partial charge in [0.1, 0.15) is 0 Å². The first kappa shape index (κ1) is 18.5. The van der Waals surface area contributed by atoms with Crippen LogP contribution >= 0.6 is 22.7 Å². The second kappa shape index (κ2) is 8.41. The summed E-state index contributed by atoms with van der Waals surface area (Å²) in [6.07, 6.45) is 0.866. The molecule has 0 atom stereocenters. The number of hydrogen-bond acceptors (Lipinski definition) is 7. The lowest BCUT2D eigenvalue weighted by Crippen LogP contribution is -2.25. The molecule has 0 fully saturated rings. The van der Waals surface area contributed by atoms with Crippen LogP contribution < -0.4 is 20.1 Å². The molecule has 2 amide bonds. The number of aromatic nitrogens is 1. The molecule has 2 aromatic heterocycles. The molecule has 0 bridgehead atoms. The van der Waals surface area contributed by atoms with Crippen molar-refractivity contribution in [2.24, 2.45) is 0 Å². The molecule has 3 aromatic rings. The maximum atomic E-state index is 12.1. The highest BCUT2D eigenvalue weighted by molar-refractivity contribution is 7.14. The fourth-order valence-electron chi connectivity index (χ4n) is 2.65. The van der Waals surface area contributed by atoms with Crippen molar-refractivity contribution in [2.45, 2.75) is 12.8 Å². The molecule has 4 rings (SSSR count). The third kappa shape index (κ3) is 4.32. The monoisotopic (exact) mass is 415 g/mol. The van der Waals surface area contributed by atoms with Crippen molar-refractivity contribution >= 4 is 39.6 Å². The number of thiazole rings is 1. The molecule has 9 heteroatoms. The number of ether oxygens (including phenoxy) is 2. The van der Waals surface area contributed by atoms with E-state index in [1.807, 2.05) is 29.0 Å². The lowest BCUT2D eigenvalue weighted by molar-refractivity contribution is -0.116. The second-order valence-electron chi connectivity index (χ2n) is 6.03. The summed E-state index contributed by atoms with van der Waals surface area (Å²) in [4.78, 5) is 28.4. The number of nitrogens with one attached hydrogen (secondary N) is 2. The first-order chi connectivity index (χ1) is 13.7. The van der Waals surface area contributed by atoms with E-state index in [9.17, 15) is 9.59 Å². The van der Waals surface area contributed by atoms with Gasteiger partial charge in [0.15, 0.2) is 16.6 Å². The number of amides is 2. The molecule has 0 saturated heterocycles. The highest BCUT2D eigenvalue weighted by Crippen LogP contribution is 2.36. The van der Waals surface area contributed by atoms with E-state index in [2.05, 4.69) is 15.6 Å². The summed E-state index contributed by atoms with van der Waals surface area (Å²) in [5.41, 5.74) is 2.31. The average Bonchev–Trinajstić information content (AvgIpc) is 3.45. The summed E-state index contributed by atoms with van der Waals surface area (Å²) in [6, 6.07) is 7.40. The van der Waals surface area contributed by atoms with Crippen molar-refractivity contribution in [3.05, 3.63) is 46.0 Å². The molecule has 1 aliphatic rings. The van der Waals surface area contributed by atoms with E-state index in [-0.39, 0.29) is 18.6 Å². The van der Waals surface area contributed by atoms with Gasteiger partial charge in [-0.15, -0.1) is 11.3 Å². The van der Waals surface area contributed by atoms with Gasteiger partial charge in [-0.2, -0.15) is 11.3 Å². The minimum atomic E-state index is -0.128. The van der Waals surface area contributed by atoms with E-state index >= 15 is 0 Å². The van der Waals surface area contributed by atoms with Crippen molar-refractivity contribution in [2.75, 3.05) is 18.7 Å². The van der Waals surface area contributed by atoms with Crippen molar-refractivity contribution < 1.29 is 19.1 Å². The van der Waals surface area contributed by atoms with Gasteiger partial charge in [-0.1, -0.05) is 0 Å². The van der Waals surface area contributed by atoms with Crippen LogP contribution in [0.3, 0.4) is 0 Å². The Morgan fingerprint density at radius 3 is 2.89 bits per heavy atom. The molecular formula is C19H17N3O4S2. The minimum Gasteiger partial charge on any atom is -0.454 e. The summed E-state index contributed by atoms with van der Waals surface area (Å²) in [5.74, 6) is 1.17. The van der Waals surface area contributed by atoms with Crippen LogP contribution in [0.5, 0.6) is 11.5 Å². The van der Waals surface area contributed by atoms with Crippen molar-refractivity contribution in [3.8, 4) is 22.8 Å². The summed E-state index contributed by atoms with van der Waals surface area (Å²) >= 11 is 2.84. The van der Waals surface area contributed by atoms with E-state index in [1.165, 1.54) is 22.7 Å². The quantitative estimate of drug-likeness (QED) is 0.574. The highest BCUT2D eigenvalue weighted by atomic mass is 32.1. The molecular weight excluding hydrogens is 398 g/mol. The fraction of sp³-hybridized carbons (Fsp3) is 0.211. The molecule has 0 aliphatic carbocycles. The SMILES string of the molecule is O=C(CCCNC(=O)c1ccsc1)Nc1nc(-c2ccc3c(c2)OCO3)cs1. The Hall–Kier alpha value is -2.91. The Balaban J connectivity index is 1.24. The number of benzene rings is 1. The van der Waals surface area contributed by atoms with Crippen LogP contribution in [0.15, 0.2) is 40.4 Å². The maximum Gasteiger partial charge on any atom is 0.252 e. The molecule has 28 heavy (non-hydrogen) atoms. The smallest absolute Gasteiger partial charge is 0.252 e. The molecule has 3 heterocycles. The number of thiophene rings is 1. The van der Waals surface area contributed by atoms with Crippen LogP contribution in [0.1, 0.15) is 23.2 Å². The van der Waals surface area contributed by atoms with Gasteiger partial charge in [-0.05, 0) is 36.1 Å². The summed E-state index contributed by atoms with van der Waals surface area (Å²) in [5, 5.41) is 11.7. The molecule has 1 aliphatic heterocycles. The van der Waals surface area contributed by atoms with E-state index in [1.54, 1.807) is 11.4 Å². The summed E-state index contributed by atoms with van der Waals surface area (Å²) in [7, 11) is 0. The van der Waals surface area contributed by atoms with E-state index in [0.29, 0.717) is 35.8 Å². The normalized spacial score (nSPS) is 12.0. The molecule has 0 spiro atoms. The lowest BCUT2D eigenvalue weighted by atomic mass is 10.1. The Kier molecular flexibility index (Phi) is 5.54. The zero-order chi connectivity index (χ0) is 19.3. The van der Waals surface area contributed by atoms with Gasteiger partial charge in [0, 0.05) is 34.9 Å². The fourth-order valence-corrected chi connectivity index (χ4v) is 4.02. The number of nitrogens with zero attached hydrogens (tertiary/aromatic N) is 1. The van der Waals surface area contributed by atoms with Gasteiger partial charge in [0.2, 0.25) is 12.7 Å². The highest BCUT2D eigenvalue weighted by Gasteiger charge is 2.15. The number of anilines is 1.